The third-order valence-electron chi connectivity index (χ3n) is 3.77. The van der Waals surface area contributed by atoms with Crippen LogP contribution in [-0.4, -0.2) is 13.9 Å². The van der Waals surface area contributed by atoms with Crippen LogP contribution in [0.1, 0.15) is 29.5 Å². The van der Waals surface area contributed by atoms with Gasteiger partial charge in [-0.2, -0.15) is 0 Å². The summed E-state index contributed by atoms with van der Waals surface area (Å²) in [7, 11) is 1.68. The molecule has 0 radical (unpaired) electrons. The van der Waals surface area contributed by atoms with Crippen molar-refractivity contribution in [3.63, 3.8) is 0 Å². The molecule has 0 aliphatic carbocycles. The molecule has 2 aromatic carbocycles. The molecule has 0 spiro atoms. The summed E-state index contributed by atoms with van der Waals surface area (Å²) in [4.78, 5) is 0. The predicted molar refractivity (Wildman–Crippen MR) is 77.8 cm³/mol. The Hall–Kier alpha value is -2.16. The highest BCUT2D eigenvalue weighted by Gasteiger charge is 2.21. The van der Waals surface area contributed by atoms with Crippen LogP contribution in [-0.2, 0) is 0 Å². The fourth-order valence-electron chi connectivity index (χ4n) is 2.49. The average Bonchev–Trinajstić information content (AvgIpc) is 2.93. The molecule has 0 bridgehead atoms. The van der Waals surface area contributed by atoms with E-state index in [-0.39, 0.29) is 12.7 Å². The van der Waals surface area contributed by atoms with E-state index in [1.165, 1.54) is 11.1 Å². The molecule has 20 heavy (non-hydrogen) atoms. The molecule has 1 aliphatic heterocycles. The maximum absolute atomic E-state index is 5.50. The smallest absolute Gasteiger partial charge is 0.231 e. The number of aryl methyl sites for hydroxylation is 1. The summed E-state index contributed by atoms with van der Waals surface area (Å²) in [6.07, 6.45) is 0. The first-order valence-corrected chi connectivity index (χ1v) is 6.73. The zero-order valence-corrected chi connectivity index (χ0v) is 12.0. The van der Waals surface area contributed by atoms with Crippen LogP contribution in [0.25, 0.3) is 0 Å². The summed E-state index contributed by atoms with van der Waals surface area (Å²) < 4.78 is 16.4. The molecule has 0 N–H and O–H groups in total. The van der Waals surface area contributed by atoms with Crippen molar-refractivity contribution < 1.29 is 14.2 Å². The van der Waals surface area contributed by atoms with E-state index in [2.05, 4.69) is 38.1 Å². The number of rotatable bonds is 3. The number of hydrogen-bond acceptors (Lipinski definition) is 3. The fourth-order valence-corrected chi connectivity index (χ4v) is 2.49. The van der Waals surface area contributed by atoms with Crippen molar-refractivity contribution in [2.24, 2.45) is 0 Å². The molecule has 0 saturated carbocycles. The molecular weight excluding hydrogens is 252 g/mol. The zero-order chi connectivity index (χ0) is 14.1. The second kappa shape index (κ2) is 5.08. The van der Waals surface area contributed by atoms with Gasteiger partial charge in [0, 0.05) is 17.5 Å². The van der Waals surface area contributed by atoms with Crippen LogP contribution in [0, 0.1) is 6.92 Å². The van der Waals surface area contributed by atoms with Gasteiger partial charge in [-0.15, -0.1) is 0 Å². The first kappa shape index (κ1) is 12.9. The maximum atomic E-state index is 5.50. The van der Waals surface area contributed by atoms with Gasteiger partial charge >= 0.3 is 0 Å². The van der Waals surface area contributed by atoms with Gasteiger partial charge in [0.05, 0.1) is 7.11 Å². The van der Waals surface area contributed by atoms with E-state index < -0.39 is 0 Å². The lowest BCUT2D eigenvalue weighted by atomic mass is 9.91. The summed E-state index contributed by atoms with van der Waals surface area (Å²) in [6, 6.07) is 12.5. The van der Waals surface area contributed by atoms with Gasteiger partial charge in [-0.05, 0) is 18.6 Å². The van der Waals surface area contributed by atoms with E-state index >= 15 is 0 Å². The van der Waals surface area contributed by atoms with Gasteiger partial charge in [0.1, 0.15) is 5.75 Å². The Labute approximate surface area is 119 Å². The van der Waals surface area contributed by atoms with E-state index in [0.717, 1.165) is 22.8 Å². The van der Waals surface area contributed by atoms with E-state index in [1.807, 2.05) is 12.1 Å². The van der Waals surface area contributed by atoms with Crippen molar-refractivity contribution in [2.45, 2.75) is 19.8 Å². The van der Waals surface area contributed by atoms with Gasteiger partial charge in [-0.1, -0.05) is 36.8 Å². The largest absolute Gasteiger partial charge is 0.496 e. The lowest BCUT2D eigenvalue weighted by molar-refractivity contribution is 0.174. The average molecular weight is 270 g/mol. The van der Waals surface area contributed by atoms with Crippen molar-refractivity contribution >= 4 is 0 Å². The SMILES string of the molecule is COc1cc2c(cc1[C@@H](C)c1ccc(C)cc1)OCO2. The standard InChI is InChI=1S/C17H18O3/c1-11-4-6-13(7-5-11)12(2)14-8-16-17(20-10-19-16)9-15(14)18-3/h4-9,12H,10H2,1-3H3/t12-/m0/s1. The lowest BCUT2D eigenvalue weighted by Gasteiger charge is -2.17. The van der Waals surface area contributed by atoms with Crippen LogP contribution < -0.4 is 14.2 Å². The van der Waals surface area contributed by atoms with Gasteiger partial charge in [0.15, 0.2) is 11.5 Å². The van der Waals surface area contributed by atoms with Gasteiger partial charge in [0.2, 0.25) is 6.79 Å². The summed E-state index contributed by atoms with van der Waals surface area (Å²) in [5, 5.41) is 0. The molecule has 0 aromatic heterocycles. The normalized spacial score (nSPS) is 14.2. The Morgan fingerprint density at radius 2 is 1.70 bits per heavy atom. The van der Waals surface area contributed by atoms with Crippen molar-refractivity contribution in [3.05, 3.63) is 53.1 Å². The second-order valence-corrected chi connectivity index (χ2v) is 5.08. The van der Waals surface area contributed by atoms with Crippen molar-refractivity contribution in [3.8, 4) is 17.2 Å². The Kier molecular flexibility index (Phi) is 3.26. The van der Waals surface area contributed by atoms with Crippen LogP contribution in [0.4, 0.5) is 0 Å². The maximum Gasteiger partial charge on any atom is 0.231 e. The first-order valence-electron chi connectivity index (χ1n) is 6.73. The molecule has 2 aromatic rings. The molecule has 3 nitrogen and oxygen atoms in total. The van der Waals surface area contributed by atoms with E-state index in [0.29, 0.717) is 0 Å². The quantitative estimate of drug-likeness (QED) is 0.847. The summed E-state index contributed by atoms with van der Waals surface area (Å²) in [6.45, 7) is 4.54. The molecule has 0 fully saturated rings. The third-order valence-corrected chi connectivity index (χ3v) is 3.77. The fraction of sp³-hybridized carbons (Fsp3) is 0.294. The molecule has 1 aliphatic rings. The van der Waals surface area contributed by atoms with E-state index in [4.69, 9.17) is 14.2 Å². The minimum atomic E-state index is 0.236. The van der Waals surface area contributed by atoms with Crippen molar-refractivity contribution in [2.75, 3.05) is 13.9 Å². The number of hydrogen-bond donors (Lipinski definition) is 0. The van der Waals surface area contributed by atoms with Gasteiger partial charge in [0.25, 0.3) is 0 Å². The molecule has 104 valence electrons. The highest BCUT2D eigenvalue weighted by atomic mass is 16.7. The molecule has 3 heteroatoms. The van der Waals surface area contributed by atoms with Crippen LogP contribution >= 0.6 is 0 Å². The molecule has 0 unspecified atom stereocenters. The van der Waals surface area contributed by atoms with Gasteiger partial charge in [-0.25, -0.2) is 0 Å². The predicted octanol–water partition coefficient (Wildman–Crippen LogP) is 3.88. The third kappa shape index (κ3) is 2.20. The van der Waals surface area contributed by atoms with Gasteiger partial charge in [-0.3, -0.25) is 0 Å². The topological polar surface area (TPSA) is 27.7 Å². The number of ether oxygens (including phenoxy) is 3. The van der Waals surface area contributed by atoms with Crippen LogP contribution in [0.5, 0.6) is 17.2 Å². The number of methoxy groups -OCH3 is 1. The van der Waals surface area contributed by atoms with Crippen LogP contribution in [0.2, 0.25) is 0 Å². The highest BCUT2D eigenvalue weighted by molar-refractivity contribution is 5.54. The molecular formula is C17H18O3. The van der Waals surface area contributed by atoms with Crippen molar-refractivity contribution in [1.29, 1.82) is 0 Å². The first-order chi connectivity index (χ1) is 9.69. The van der Waals surface area contributed by atoms with Crippen LogP contribution in [0.15, 0.2) is 36.4 Å². The summed E-state index contributed by atoms with van der Waals surface area (Å²) >= 11 is 0. The molecule has 3 rings (SSSR count). The molecule has 0 amide bonds. The Bertz CT molecular complexity index is 617. The van der Waals surface area contributed by atoms with Gasteiger partial charge < -0.3 is 14.2 Å². The Balaban J connectivity index is 2.02. The van der Waals surface area contributed by atoms with Crippen molar-refractivity contribution in [1.82, 2.24) is 0 Å². The molecule has 1 heterocycles. The second-order valence-electron chi connectivity index (χ2n) is 5.08. The van der Waals surface area contributed by atoms with E-state index in [9.17, 15) is 0 Å². The zero-order valence-electron chi connectivity index (χ0n) is 12.0. The highest BCUT2D eigenvalue weighted by Crippen LogP contribution is 2.42. The van der Waals surface area contributed by atoms with Crippen LogP contribution in [0.3, 0.4) is 0 Å². The summed E-state index contributed by atoms with van der Waals surface area (Å²) in [5.41, 5.74) is 3.63. The minimum Gasteiger partial charge on any atom is -0.496 e. The minimum absolute atomic E-state index is 0.236. The molecule has 0 saturated heterocycles. The Morgan fingerprint density at radius 3 is 2.35 bits per heavy atom. The number of benzene rings is 2. The number of fused-ring (bicyclic) bond motifs is 1. The Morgan fingerprint density at radius 1 is 1.05 bits per heavy atom. The van der Waals surface area contributed by atoms with E-state index in [1.54, 1.807) is 7.11 Å². The lowest BCUT2D eigenvalue weighted by Crippen LogP contribution is -2.00. The summed E-state index contributed by atoms with van der Waals surface area (Å²) in [5.74, 6) is 2.61. The molecule has 1 atom stereocenters. The monoisotopic (exact) mass is 270 g/mol.